The van der Waals surface area contributed by atoms with Crippen LogP contribution in [0.4, 0.5) is 0 Å². The smallest absolute Gasteiger partial charge is 0.213 e. The molecule has 0 spiro atoms. The number of benzene rings is 1. The topological polar surface area (TPSA) is 43.8 Å². The van der Waals surface area contributed by atoms with Crippen molar-refractivity contribution in [2.75, 3.05) is 46.1 Å². The zero-order chi connectivity index (χ0) is 19.7. The fourth-order valence-corrected chi connectivity index (χ4v) is 3.93. The number of ether oxygens (including phenoxy) is 3. The number of allylic oxidation sites excluding steroid dienone is 1. The first-order valence-electron chi connectivity index (χ1n) is 10.7. The second-order valence-electron chi connectivity index (χ2n) is 7.58. The average Bonchev–Trinajstić information content (AvgIpc) is 2.80. The Hall–Kier alpha value is -2.37. The third-order valence-electron chi connectivity index (χ3n) is 5.59. The third-order valence-corrected chi connectivity index (χ3v) is 5.59. The van der Waals surface area contributed by atoms with Crippen LogP contribution in [0.5, 0.6) is 11.6 Å². The minimum atomic E-state index is 0.628. The molecule has 5 heteroatoms. The lowest BCUT2D eigenvalue weighted by atomic mass is 9.88. The van der Waals surface area contributed by atoms with Gasteiger partial charge in [0.1, 0.15) is 19.0 Å². The predicted octanol–water partition coefficient (Wildman–Crippen LogP) is 4.20. The summed E-state index contributed by atoms with van der Waals surface area (Å²) in [6.45, 7) is 5.75. The van der Waals surface area contributed by atoms with Gasteiger partial charge in [-0.3, -0.25) is 4.90 Å². The lowest BCUT2D eigenvalue weighted by Crippen LogP contribution is -2.38. The minimum Gasteiger partial charge on any atom is -0.488 e. The molecule has 1 saturated heterocycles. The lowest BCUT2D eigenvalue weighted by molar-refractivity contribution is 0.0320. The summed E-state index contributed by atoms with van der Waals surface area (Å²) < 4.78 is 17.2. The lowest BCUT2D eigenvalue weighted by Gasteiger charge is -2.26. The number of nitrogens with zero attached hydrogens (tertiary/aromatic N) is 2. The van der Waals surface area contributed by atoms with Gasteiger partial charge in [-0.2, -0.15) is 0 Å². The van der Waals surface area contributed by atoms with Crippen molar-refractivity contribution in [3.63, 3.8) is 0 Å². The predicted molar refractivity (Wildman–Crippen MR) is 114 cm³/mol. The first-order chi connectivity index (χ1) is 14.4. The van der Waals surface area contributed by atoms with Gasteiger partial charge < -0.3 is 14.2 Å². The van der Waals surface area contributed by atoms with Crippen molar-refractivity contribution in [2.24, 2.45) is 0 Å². The van der Waals surface area contributed by atoms with Crippen LogP contribution in [0.15, 0.2) is 54.2 Å². The maximum absolute atomic E-state index is 6.05. The van der Waals surface area contributed by atoms with Crippen molar-refractivity contribution >= 4 is 5.57 Å². The van der Waals surface area contributed by atoms with Gasteiger partial charge in [-0.05, 0) is 48.5 Å². The van der Waals surface area contributed by atoms with Crippen LogP contribution in [0.2, 0.25) is 0 Å². The Labute approximate surface area is 173 Å². The Balaban J connectivity index is 1.28. The molecule has 0 atom stereocenters. The molecule has 0 unspecified atom stereocenters. The van der Waals surface area contributed by atoms with Crippen LogP contribution in [0.3, 0.4) is 0 Å². The summed E-state index contributed by atoms with van der Waals surface area (Å²) in [5.74, 6) is 1.43. The molecule has 0 bridgehead atoms. The number of hydrogen-bond acceptors (Lipinski definition) is 5. The Morgan fingerprint density at radius 3 is 2.55 bits per heavy atom. The maximum atomic E-state index is 6.05. The maximum Gasteiger partial charge on any atom is 0.213 e. The Morgan fingerprint density at radius 1 is 0.931 bits per heavy atom. The molecular formula is C24H30N2O3. The van der Waals surface area contributed by atoms with Crippen molar-refractivity contribution in [2.45, 2.75) is 25.7 Å². The van der Waals surface area contributed by atoms with Gasteiger partial charge in [-0.1, -0.05) is 30.3 Å². The van der Waals surface area contributed by atoms with Gasteiger partial charge in [0.05, 0.1) is 19.4 Å². The quantitative estimate of drug-likeness (QED) is 0.671. The first kappa shape index (κ1) is 19.9. The number of morpholine rings is 1. The van der Waals surface area contributed by atoms with Gasteiger partial charge in [-0.15, -0.1) is 0 Å². The molecule has 1 aliphatic carbocycles. The zero-order valence-electron chi connectivity index (χ0n) is 17.0. The molecule has 4 rings (SSSR count). The molecule has 29 heavy (non-hydrogen) atoms. The molecular weight excluding hydrogens is 364 g/mol. The summed E-state index contributed by atoms with van der Waals surface area (Å²) >= 11 is 0. The molecule has 2 heterocycles. The number of pyridine rings is 1. The molecule has 1 fully saturated rings. The molecule has 154 valence electrons. The standard InChI is InChI=1S/C24H30N2O3/c1-2-6-20(7-3-1)23-9-5-4-8-21(23)19-29-22-10-11-24(25-18-22)28-17-14-26-12-15-27-16-13-26/h1-3,6-7,10-11,18H,4-5,8-9,12-17,19H2. The highest BCUT2D eigenvalue weighted by atomic mass is 16.5. The van der Waals surface area contributed by atoms with Gasteiger partial charge in [0.15, 0.2) is 0 Å². The van der Waals surface area contributed by atoms with E-state index in [0.29, 0.717) is 19.1 Å². The van der Waals surface area contributed by atoms with Crippen LogP contribution in [0.25, 0.3) is 5.57 Å². The molecule has 0 radical (unpaired) electrons. The fourth-order valence-electron chi connectivity index (χ4n) is 3.93. The van der Waals surface area contributed by atoms with Crippen molar-refractivity contribution in [3.8, 4) is 11.6 Å². The minimum absolute atomic E-state index is 0.628. The number of rotatable bonds is 8. The van der Waals surface area contributed by atoms with Crippen molar-refractivity contribution in [3.05, 3.63) is 59.8 Å². The van der Waals surface area contributed by atoms with E-state index in [4.69, 9.17) is 14.2 Å². The van der Waals surface area contributed by atoms with E-state index in [1.54, 1.807) is 6.20 Å². The van der Waals surface area contributed by atoms with Crippen molar-refractivity contribution < 1.29 is 14.2 Å². The molecule has 0 N–H and O–H groups in total. The van der Waals surface area contributed by atoms with E-state index in [-0.39, 0.29) is 0 Å². The summed E-state index contributed by atoms with van der Waals surface area (Å²) in [5.41, 5.74) is 4.19. The summed E-state index contributed by atoms with van der Waals surface area (Å²) in [5, 5.41) is 0. The van der Waals surface area contributed by atoms with Gasteiger partial charge in [0, 0.05) is 25.7 Å². The number of hydrogen-bond donors (Lipinski definition) is 0. The highest BCUT2D eigenvalue weighted by molar-refractivity contribution is 5.69. The van der Waals surface area contributed by atoms with Crippen LogP contribution in [0, 0.1) is 0 Å². The molecule has 5 nitrogen and oxygen atoms in total. The Morgan fingerprint density at radius 2 is 1.76 bits per heavy atom. The second-order valence-corrected chi connectivity index (χ2v) is 7.58. The fraction of sp³-hybridized carbons (Fsp3) is 0.458. The van der Waals surface area contributed by atoms with Gasteiger partial charge in [-0.25, -0.2) is 4.98 Å². The van der Waals surface area contributed by atoms with Crippen LogP contribution >= 0.6 is 0 Å². The monoisotopic (exact) mass is 394 g/mol. The normalized spacial score (nSPS) is 17.9. The van der Waals surface area contributed by atoms with Crippen LogP contribution in [0.1, 0.15) is 31.2 Å². The molecule has 2 aromatic rings. The SMILES string of the molecule is c1ccc(C2=C(COc3ccc(OCCN4CCOCC4)nc3)CCCC2)cc1. The van der Waals surface area contributed by atoms with E-state index in [0.717, 1.165) is 51.4 Å². The molecule has 1 aromatic carbocycles. The van der Waals surface area contributed by atoms with E-state index in [9.17, 15) is 0 Å². The molecule has 1 aromatic heterocycles. The van der Waals surface area contributed by atoms with E-state index < -0.39 is 0 Å². The molecule has 2 aliphatic rings. The van der Waals surface area contributed by atoms with Crippen LogP contribution < -0.4 is 9.47 Å². The highest BCUT2D eigenvalue weighted by Crippen LogP contribution is 2.32. The summed E-state index contributed by atoms with van der Waals surface area (Å²) in [4.78, 5) is 6.75. The molecule has 1 aliphatic heterocycles. The average molecular weight is 395 g/mol. The molecule has 0 saturated carbocycles. The highest BCUT2D eigenvalue weighted by Gasteiger charge is 2.15. The summed E-state index contributed by atoms with van der Waals surface area (Å²) in [6.07, 6.45) is 6.50. The summed E-state index contributed by atoms with van der Waals surface area (Å²) in [6, 6.07) is 14.5. The zero-order valence-corrected chi connectivity index (χ0v) is 17.0. The van der Waals surface area contributed by atoms with Crippen molar-refractivity contribution in [1.29, 1.82) is 0 Å². The second kappa shape index (κ2) is 10.4. The Bertz CT molecular complexity index is 784. The van der Waals surface area contributed by atoms with Crippen LogP contribution in [-0.2, 0) is 4.74 Å². The van der Waals surface area contributed by atoms with E-state index in [1.165, 1.54) is 29.6 Å². The van der Waals surface area contributed by atoms with E-state index in [1.807, 2.05) is 12.1 Å². The van der Waals surface area contributed by atoms with Gasteiger partial charge in [0.25, 0.3) is 0 Å². The van der Waals surface area contributed by atoms with Gasteiger partial charge in [0.2, 0.25) is 5.88 Å². The van der Waals surface area contributed by atoms with Crippen molar-refractivity contribution in [1.82, 2.24) is 9.88 Å². The van der Waals surface area contributed by atoms with Crippen LogP contribution in [-0.4, -0.2) is 55.9 Å². The number of aromatic nitrogens is 1. The first-order valence-corrected chi connectivity index (χ1v) is 10.7. The van der Waals surface area contributed by atoms with Gasteiger partial charge >= 0.3 is 0 Å². The third kappa shape index (κ3) is 5.81. The molecule has 0 amide bonds. The largest absolute Gasteiger partial charge is 0.488 e. The summed E-state index contributed by atoms with van der Waals surface area (Å²) in [7, 11) is 0. The Kier molecular flexibility index (Phi) is 7.16. The van der Waals surface area contributed by atoms with E-state index in [2.05, 4.69) is 40.2 Å². The van der Waals surface area contributed by atoms with E-state index >= 15 is 0 Å².